The summed E-state index contributed by atoms with van der Waals surface area (Å²) < 4.78 is 42.8. The van der Waals surface area contributed by atoms with Crippen molar-refractivity contribution in [2.24, 2.45) is 11.8 Å². The molecule has 0 radical (unpaired) electrons. The Morgan fingerprint density at radius 1 is 1.31 bits per heavy atom. The highest BCUT2D eigenvalue weighted by Crippen LogP contribution is 2.44. The van der Waals surface area contributed by atoms with E-state index in [1.807, 2.05) is 6.92 Å². The molecule has 2 aromatic rings. The lowest BCUT2D eigenvalue weighted by Gasteiger charge is -2.39. The molecule has 0 spiro atoms. The first-order valence-corrected chi connectivity index (χ1v) is 10.7. The van der Waals surface area contributed by atoms with Crippen LogP contribution in [0.25, 0.3) is 0 Å². The summed E-state index contributed by atoms with van der Waals surface area (Å²) in [5.41, 5.74) is -0.850. The first kappa shape index (κ1) is 20.8. The normalized spacial score (nSPS) is 21.4. The van der Waals surface area contributed by atoms with Crippen molar-refractivity contribution in [1.29, 1.82) is 0 Å². The molecule has 1 atom stereocenters. The van der Waals surface area contributed by atoms with Gasteiger partial charge in [-0.3, -0.25) is 0 Å². The van der Waals surface area contributed by atoms with Crippen LogP contribution in [-0.2, 0) is 5.54 Å². The molecule has 3 heterocycles. The van der Waals surface area contributed by atoms with Gasteiger partial charge < -0.3 is 24.2 Å². The summed E-state index contributed by atoms with van der Waals surface area (Å²) in [4.78, 5) is 26.7. The molecule has 0 bridgehead atoms. The number of hydrogen-bond donors (Lipinski definition) is 1. The van der Waals surface area contributed by atoms with Gasteiger partial charge in [0.05, 0.1) is 25.9 Å². The van der Waals surface area contributed by atoms with Gasteiger partial charge in [-0.05, 0) is 44.4 Å². The van der Waals surface area contributed by atoms with Crippen molar-refractivity contribution in [3.05, 3.63) is 17.9 Å². The van der Waals surface area contributed by atoms with Crippen LogP contribution in [0.5, 0.6) is 11.8 Å². The smallest absolute Gasteiger partial charge is 0.414 e. The molecule has 3 aliphatic rings. The van der Waals surface area contributed by atoms with E-state index in [9.17, 15) is 13.6 Å². The van der Waals surface area contributed by atoms with Crippen LogP contribution in [0.3, 0.4) is 0 Å². The summed E-state index contributed by atoms with van der Waals surface area (Å²) in [7, 11) is 0. The molecule has 1 aliphatic heterocycles. The lowest BCUT2D eigenvalue weighted by Crippen LogP contribution is -2.56. The molecule has 3 fully saturated rings. The fourth-order valence-corrected chi connectivity index (χ4v) is 3.70. The number of aromatic nitrogens is 4. The molecule has 12 heteroatoms. The molecular weight excluding hydrogens is 426 g/mol. The fourth-order valence-electron chi connectivity index (χ4n) is 3.70. The molecule has 5 rings (SSSR count). The zero-order valence-electron chi connectivity index (χ0n) is 17.8. The summed E-state index contributed by atoms with van der Waals surface area (Å²) in [5.74, 6) is -1.19. The number of halogens is 2. The van der Waals surface area contributed by atoms with Crippen molar-refractivity contribution < 1.29 is 27.6 Å². The van der Waals surface area contributed by atoms with Crippen molar-refractivity contribution in [3.8, 4) is 11.8 Å². The van der Waals surface area contributed by atoms with E-state index in [-0.39, 0.29) is 23.5 Å². The van der Waals surface area contributed by atoms with Crippen molar-refractivity contribution in [2.45, 2.75) is 51.0 Å². The van der Waals surface area contributed by atoms with Crippen molar-refractivity contribution in [2.75, 3.05) is 24.6 Å². The van der Waals surface area contributed by atoms with Crippen molar-refractivity contribution >= 4 is 11.9 Å². The third-order valence-corrected chi connectivity index (χ3v) is 5.94. The molecule has 172 valence electrons. The Hall–Kier alpha value is -3.05. The van der Waals surface area contributed by atoms with E-state index in [0.29, 0.717) is 24.2 Å². The Bertz CT molecular complexity index is 1020. The average molecular weight is 450 g/mol. The number of carbonyl (C=O) groups excluding carboxylic acids is 1. The molecule has 2 aliphatic carbocycles. The summed E-state index contributed by atoms with van der Waals surface area (Å²) >= 11 is 0. The van der Waals surface area contributed by atoms with E-state index in [1.165, 1.54) is 11.1 Å². The molecule has 1 unspecified atom stereocenters. The molecule has 1 N–H and O–H groups in total. The van der Waals surface area contributed by atoms with Crippen molar-refractivity contribution in [3.63, 3.8) is 0 Å². The van der Waals surface area contributed by atoms with Gasteiger partial charge >= 0.3 is 6.09 Å². The van der Waals surface area contributed by atoms with Gasteiger partial charge in [0.15, 0.2) is 11.6 Å². The van der Waals surface area contributed by atoms with Crippen LogP contribution < -0.4 is 19.7 Å². The molecule has 1 saturated heterocycles. The first-order chi connectivity index (χ1) is 15.2. The Morgan fingerprint density at radius 3 is 2.66 bits per heavy atom. The Morgan fingerprint density at radius 2 is 2.06 bits per heavy atom. The van der Waals surface area contributed by atoms with Gasteiger partial charge in [-0.1, -0.05) is 5.16 Å². The Balaban J connectivity index is 1.30. The maximum Gasteiger partial charge on any atom is 0.414 e. The van der Waals surface area contributed by atoms with E-state index in [2.05, 4.69) is 25.4 Å². The molecule has 2 aromatic heterocycles. The number of rotatable bonds is 8. The second kappa shape index (κ2) is 7.52. The Labute approximate surface area is 182 Å². The van der Waals surface area contributed by atoms with Crippen LogP contribution in [0.2, 0.25) is 0 Å². The summed E-state index contributed by atoms with van der Waals surface area (Å²) in [5, 5.41) is 6.78. The number of nitrogens with zero attached hydrogens (tertiary/aromatic N) is 5. The zero-order valence-corrected chi connectivity index (χ0v) is 17.8. The molecule has 0 aromatic carbocycles. The van der Waals surface area contributed by atoms with Gasteiger partial charge in [0.25, 0.3) is 11.8 Å². The lowest BCUT2D eigenvalue weighted by molar-refractivity contribution is -0.0270. The number of alkyl halides is 2. The number of anilines is 1. The van der Waals surface area contributed by atoms with E-state index >= 15 is 0 Å². The molecule has 1 amide bonds. The van der Waals surface area contributed by atoms with E-state index < -0.39 is 30.6 Å². The predicted molar refractivity (Wildman–Crippen MR) is 106 cm³/mol. The minimum Gasteiger partial charge on any atom is -0.475 e. The maximum atomic E-state index is 13.3. The minimum absolute atomic E-state index is 0.0800. The summed E-state index contributed by atoms with van der Waals surface area (Å²) in [6, 6.07) is 0. The van der Waals surface area contributed by atoms with Crippen LogP contribution in [0, 0.1) is 18.8 Å². The maximum absolute atomic E-state index is 13.3. The minimum atomic E-state index is -2.76. The topological polar surface area (TPSA) is 116 Å². The lowest BCUT2D eigenvalue weighted by atomic mass is 9.95. The van der Waals surface area contributed by atoms with Crippen LogP contribution in [0.15, 0.2) is 10.7 Å². The zero-order chi connectivity index (χ0) is 22.5. The van der Waals surface area contributed by atoms with Gasteiger partial charge in [-0.2, -0.15) is 9.97 Å². The second-order valence-corrected chi connectivity index (χ2v) is 8.93. The average Bonchev–Trinajstić information content (AvgIpc) is 3.63. The number of ether oxygens (including phenoxy) is 2. The number of amides is 1. The number of nitrogens with one attached hydrogen (secondary N) is 1. The van der Waals surface area contributed by atoms with Gasteiger partial charge in [0.2, 0.25) is 11.8 Å². The van der Waals surface area contributed by atoms with Gasteiger partial charge in [-0.25, -0.2) is 18.6 Å². The van der Waals surface area contributed by atoms with E-state index in [1.54, 1.807) is 6.92 Å². The fraction of sp³-hybridized carbons (Fsp3) is 0.650. The molecule has 10 nitrogen and oxygen atoms in total. The van der Waals surface area contributed by atoms with Gasteiger partial charge in [0, 0.05) is 6.92 Å². The highest BCUT2D eigenvalue weighted by Gasteiger charge is 2.48. The highest BCUT2D eigenvalue weighted by atomic mass is 19.3. The Kier molecular flexibility index (Phi) is 4.90. The number of carbonyl (C=O) groups is 1. The van der Waals surface area contributed by atoms with Crippen molar-refractivity contribution in [1.82, 2.24) is 25.4 Å². The second-order valence-electron chi connectivity index (χ2n) is 8.93. The quantitative estimate of drug-likeness (QED) is 0.648. The number of aryl methyl sites for hydroxylation is 1. The summed E-state index contributed by atoms with van der Waals surface area (Å²) in [6.45, 7) is 3.01. The molecule has 2 saturated carbocycles. The monoisotopic (exact) mass is 450 g/mol. The van der Waals surface area contributed by atoms with Crippen LogP contribution in [0.4, 0.5) is 19.4 Å². The SMILES string of the molecule is Cc1nc(C(C)(NC(=O)Oc2cnc(N3CC(F)(F)C3)c(OCC3CC3)n2)C2CC2)no1. The summed E-state index contributed by atoms with van der Waals surface area (Å²) in [6.07, 6.45) is 4.41. The first-order valence-electron chi connectivity index (χ1n) is 10.7. The van der Waals surface area contributed by atoms with Gasteiger partial charge in [-0.15, -0.1) is 0 Å². The third-order valence-electron chi connectivity index (χ3n) is 5.94. The van der Waals surface area contributed by atoms with E-state index in [4.69, 9.17) is 14.0 Å². The van der Waals surface area contributed by atoms with Crippen LogP contribution in [-0.4, -0.2) is 51.8 Å². The standard InChI is InChI=1S/C20H24F2N6O4/c1-11-24-17(27-32-11)19(2,13-5-6-13)26-18(29)31-14-7-23-15(28-9-20(21,22)10-28)16(25-14)30-8-12-3-4-12/h7,12-13H,3-6,8-10H2,1-2H3,(H,26,29). The molecular formula is C20H24F2N6O4. The highest BCUT2D eigenvalue weighted by molar-refractivity contribution is 5.71. The molecule has 32 heavy (non-hydrogen) atoms. The number of hydrogen-bond acceptors (Lipinski definition) is 9. The third kappa shape index (κ3) is 4.30. The van der Waals surface area contributed by atoms with Crippen LogP contribution in [0.1, 0.15) is 44.3 Å². The predicted octanol–water partition coefficient (Wildman–Crippen LogP) is 2.83. The largest absolute Gasteiger partial charge is 0.475 e. The van der Waals surface area contributed by atoms with Gasteiger partial charge in [0.1, 0.15) is 5.54 Å². The van der Waals surface area contributed by atoms with E-state index in [0.717, 1.165) is 25.7 Å². The van der Waals surface area contributed by atoms with Crippen LogP contribution >= 0.6 is 0 Å².